The fourth-order valence-electron chi connectivity index (χ4n) is 1.53. The topological polar surface area (TPSA) is 75.4 Å². The standard InChI is InChI=1S/C12H16ClN3O2S/c1-2-6-16(7-5-11(17)15-12(14)18)8-9-3-4-10(13)19-9/h2-4H,1,5-8H2,(H3,14,15,17,18). The molecule has 0 fully saturated rings. The van der Waals surface area contributed by atoms with Crippen LogP contribution in [0.2, 0.25) is 4.34 Å². The molecule has 1 aromatic rings. The van der Waals surface area contributed by atoms with Crippen molar-refractivity contribution >= 4 is 34.9 Å². The summed E-state index contributed by atoms with van der Waals surface area (Å²) in [6, 6.07) is 2.96. The third kappa shape index (κ3) is 6.37. The van der Waals surface area contributed by atoms with E-state index in [1.54, 1.807) is 6.08 Å². The lowest BCUT2D eigenvalue weighted by Crippen LogP contribution is -2.37. The molecule has 7 heteroatoms. The van der Waals surface area contributed by atoms with Gasteiger partial charge in [0.25, 0.3) is 0 Å². The van der Waals surface area contributed by atoms with Crippen molar-refractivity contribution in [2.45, 2.75) is 13.0 Å². The number of amides is 3. The van der Waals surface area contributed by atoms with E-state index in [1.165, 1.54) is 11.3 Å². The molecule has 19 heavy (non-hydrogen) atoms. The first-order valence-corrected chi connectivity index (χ1v) is 6.87. The molecule has 0 atom stereocenters. The molecule has 0 saturated heterocycles. The Bertz CT molecular complexity index is 462. The number of nitrogens with zero attached hydrogens (tertiary/aromatic N) is 1. The number of imide groups is 1. The number of rotatable bonds is 7. The number of thiophene rings is 1. The highest BCUT2D eigenvalue weighted by Gasteiger charge is 2.10. The van der Waals surface area contributed by atoms with Gasteiger partial charge in [-0.15, -0.1) is 17.9 Å². The van der Waals surface area contributed by atoms with Gasteiger partial charge in [-0.25, -0.2) is 4.79 Å². The minimum Gasteiger partial charge on any atom is -0.351 e. The summed E-state index contributed by atoms with van der Waals surface area (Å²) in [5, 5.41) is 2.04. The van der Waals surface area contributed by atoms with E-state index in [4.69, 9.17) is 17.3 Å². The average Bonchev–Trinajstić information content (AvgIpc) is 2.71. The second-order valence-electron chi connectivity index (χ2n) is 3.89. The highest BCUT2D eigenvalue weighted by molar-refractivity contribution is 7.16. The molecule has 1 heterocycles. The van der Waals surface area contributed by atoms with Crippen LogP contribution in [0.5, 0.6) is 0 Å². The SMILES string of the molecule is C=CCN(CCC(=O)NC(N)=O)Cc1ccc(Cl)s1. The predicted octanol–water partition coefficient (Wildman–Crippen LogP) is 1.97. The highest BCUT2D eigenvalue weighted by Crippen LogP contribution is 2.22. The van der Waals surface area contributed by atoms with Gasteiger partial charge in [-0.1, -0.05) is 17.7 Å². The minimum absolute atomic E-state index is 0.204. The van der Waals surface area contributed by atoms with E-state index < -0.39 is 6.03 Å². The van der Waals surface area contributed by atoms with Crippen molar-refractivity contribution < 1.29 is 9.59 Å². The van der Waals surface area contributed by atoms with Crippen molar-refractivity contribution in [1.82, 2.24) is 10.2 Å². The Morgan fingerprint density at radius 3 is 2.79 bits per heavy atom. The summed E-state index contributed by atoms with van der Waals surface area (Å²) in [7, 11) is 0. The first kappa shape index (κ1) is 15.7. The summed E-state index contributed by atoms with van der Waals surface area (Å²) in [4.78, 5) is 25.0. The normalized spacial score (nSPS) is 10.4. The molecule has 3 amide bonds. The Balaban J connectivity index is 2.46. The summed E-state index contributed by atoms with van der Waals surface area (Å²) in [6.07, 6.45) is 1.97. The van der Waals surface area contributed by atoms with Crippen molar-refractivity contribution in [3.8, 4) is 0 Å². The fraction of sp³-hybridized carbons (Fsp3) is 0.333. The Morgan fingerprint density at radius 2 is 2.26 bits per heavy atom. The number of carbonyl (C=O) groups excluding carboxylic acids is 2. The monoisotopic (exact) mass is 301 g/mol. The van der Waals surface area contributed by atoms with Crippen LogP contribution in [0.3, 0.4) is 0 Å². The van der Waals surface area contributed by atoms with Crippen LogP contribution in [-0.2, 0) is 11.3 Å². The maximum absolute atomic E-state index is 11.3. The first-order valence-electron chi connectivity index (χ1n) is 5.68. The molecule has 0 spiro atoms. The van der Waals surface area contributed by atoms with E-state index in [-0.39, 0.29) is 12.3 Å². The number of hydrogen-bond acceptors (Lipinski definition) is 4. The van der Waals surface area contributed by atoms with Crippen LogP contribution in [-0.4, -0.2) is 29.9 Å². The van der Waals surface area contributed by atoms with Gasteiger partial charge in [0.05, 0.1) is 4.34 Å². The Labute approximate surface area is 121 Å². The van der Waals surface area contributed by atoms with Gasteiger partial charge in [0, 0.05) is 30.9 Å². The number of nitrogens with one attached hydrogen (secondary N) is 1. The number of halogens is 1. The van der Waals surface area contributed by atoms with Gasteiger partial charge in [0.1, 0.15) is 0 Å². The molecule has 1 aromatic heterocycles. The molecular formula is C12H16ClN3O2S. The van der Waals surface area contributed by atoms with Crippen LogP contribution in [0.1, 0.15) is 11.3 Å². The van der Waals surface area contributed by atoms with Gasteiger partial charge in [-0.2, -0.15) is 0 Å². The smallest absolute Gasteiger partial charge is 0.318 e. The molecule has 0 saturated carbocycles. The quantitative estimate of drug-likeness (QED) is 0.756. The van der Waals surface area contributed by atoms with E-state index in [0.717, 1.165) is 9.21 Å². The van der Waals surface area contributed by atoms with E-state index in [0.29, 0.717) is 19.6 Å². The van der Waals surface area contributed by atoms with Crippen LogP contribution in [0.15, 0.2) is 24.8 Å². The highest BCUT2D eigenvalue weighted by atomic mass is 35.5. The van der Waals surface area contributed by atoms with Gasteiger partial charge >= 0.3 is 6.03 Å². The number of hydrogen-bond donors (Lipinski definition) is 2. The number of primary amides is 1. The molecule has 104 valence electrons. The molecule has 5 nitrogen and oxygen atoms in total. The van der Waals surface area contributed by atoms with Crippen molar-refractivity contribution in [1.29, 1.82) is 0 Å². The molecule has 0 bridgehead atoms. The van der Waals surface area contributed by atoms with E-state index in [1.807, 2.05) is 22.3 Å². The van der Waals surface area contributed by atoms with Gasteiger partial charge < -0.3 is 5.73 Å². The Hall–Kier alpha value is -1.37. The maximum atomic E-state index is 11.3. The van der Waals surface area contributed by atoms with Crippen LogP contribution < -0.4 is 11.1 Å². The predicted molar refractivity (Wildman–Crippen MR) is 77.1 cm³/mol. The third-order valence-electron chi connectivity index (χ3n) is 2.31. The zero-order valence-corrected chi connectivity index (χ0v) is 12.0. The summed E-state index contributed by atoms with van der Waals surface area (Å²) < 4.78 is 0.736. The van der Waals surface area contributed by atoms with Crippen LogP contribution in [0.4, 0.5) is 4.79 Å². The lowest BCUT2D eigenvalue weighted by molar-refractivity contribution is -0.120. The zero-order valence-electron chi connectivity index (χ0n) is 10.4. The Morgan fingerprint density at radius 1 is 1.53 bits per heavy atom. The fourth-order valence-corrected chi connectivity index (χ4v) is 2.66. The lowest BCUT2D eigenvalue weighted by Gasteiger charge is -2.19. The average molecular weight is 302 g/mol. The molecule has 0 unspecified atom stereocenters. The molecule has 3 N–H and O–H groups in total. The van der Waals surface area contributed by atoms with E-state index in [9.17, 15) is 9.59 Å². The summed E-state index contributed by atoms with van der Waals surface area (Å²) in [5.74, 6) is -0.384. The molecule has 0 aliphatic heterocycles. The summed E-state index contributed by atoms with van der Waals surface area (Å²) >= 11 is 7.37. The molecule has 1 rings (SSSR count). The second-order valence-corrected chi connectivity index (χ2v) is 5.69. The third-order valence-corrected chi connectivity index (χ3v) is 3.53. The largest absolute Gasteiger partial charge is 0.351 e. The molecule has 0 aliphatic carbocycles. The summed E-state index contributed by atoms with van der Waals surface area (Å²) in [5.41, 5.74) is 4.87. The first-order chi connectivity index (χ1) is 9.01. The summed E-state index contributed by atoms with van der Waals surface area (Å²) in [6.45, 7) is 5.54. The number of nitrogens with two attached hydrogens (primary N) is 1. The van der Waals surface area contributed by atoms with Crippen molar-refractivity contribution in [3.05, 3.63) is 34.0 Å². The minimum atomic E-state index is -0.828. The van der Waals surface area contributed by atoms with Crippen molar-refractivity contribution in [2.75, 3.05) is 13.1 Å². The van der Waals surface area contributed by atoms with Gasteiger partial charge in [-0.3, -0.25) is 15.0 Å². The van der Waals surface area contributed by atoms with Gasteiger partial charge in [0.15, 0.2) is 0 Å². The van der Waals surface area contributed by atoms with Crippen LogP contribution in [0, 0.1) is 0 Å². The van der Waals surface area contributed by atoms with Crippen LogP contribution in [0.25, 0.3) is 0 Å². The number of urea groups is 1. The molecule has 0 aliphatic rings. The van der Waals surface area contributed by atoms with Crippen LogP contribution >= 0.6 is 22.9 Å². The molecule has 0 aromatic carbocycles. The van der Waals surface area contributed by atoms with E-state index in [2.05, 4.69) is 6.58 Å². The van der Waals surface area contributed by atoms with Crippen molar-refractivity contribution in [3.63, 3.8) is 0 Å². The second kappa shape index (κ2) is 7.93. The maximum Gasteiger partial charge on any atom is 0.318 e. The zero-order chi connectivity index (χ0) is 14.3. The lowest BCUT2D eigenvalue weighted by atomic mass is 10.3. The Kier molecular flexibility index (Phi) is 6.55. The molecule has 0 radical (unpaired) electrons. The van der Waals surface area contributed by atoms with Gasteiger partial charge in [0.2, 0.25) is 5.91 Å². The number of carbonyl (C=O) groups is 2. The van der Waals surface area contributed by atoms with E-state index >= 15 is 0 Å². The van der Waals surface area contributed by atoms with Crippen molar-refractivity contribution in [2.24, 2.45) is 5.73 Å². The van der Waals surface area contributed by atoms with Gasteiger partial charge in [-0.05, 0) is 12.1 Å². The molecular weight excluding hydrogens is 286 g/mol.